The Balaban J connectivity index is 2.04. The first kappa shape index (κ1) is 13.7. The second kappa shape index (κ2) is 5.61. The Bertz CT molecular complexity index is 749. The lowest BCUT2D eigenvalue weighted by atomic mass is 10.1. The van der Waals surface area contributed by atoms with Gasteiger partial charge in [-0.15, -0.1) is 5.10 Å². The van der Waals surface area contributed by atoms with Crippen LogP contribution in [0.3, 0.4) is 0 Å². The topological polar surface area (TPSA) is 56.5 Å². The molecule has 2 aromatic heterocycles. The van der Waals surface area contributed by atoms with E-state index in [1.807, 2.05) is 36.4 Å². The molecule has 5 nitrogen and oxygen atoms in total. The van der Waals surface area contributed by atoms with Crippen molar-refractivity contribution >= 4 is 11.6 Å². The zero-order chi connectivity index (χ0) is 14.8. The minimum absolute atomic E-state index is 0.248. The summed E-state index contributed by atoms with van der Waals surface area (Å²) in [4.78, 5) is 4.34. The van der Waals surface area contributed by atoms with Crippen LogP contribution in [0, 0.1) is 0 Å². The van der Waals surface area contributed by atoms with Crippen molar-refractivity contribution in [3.63, 3.8) is 0 Å². The van der Waals surface area contributed by atoms with Crippen LogP contribution in [0.1, 0.15) is 25.6 Å². The van der Waals surface area contributed by atoms with E-state index < -0.39 is 0 Å². The van der Waals surface area contributed by atoms with E-state index in [-0.39, 0.29) is 5.92 Å². The molecule has 0 aliphatic rings. The summed E-state index contributed by atoms with van der Waals surface area (Å²) in [5, 5.41) is 12.5. The molecule has 0 radical (unpaired) electrons. The molecule has 0 N–H and O–H groups in total. The Labute approximate surface area is 127 Å². The predicted molar refractivity (Wildman–Crippen MR) is 81.5 cm³/mol. The van der Waals surface area contributed by atoms with Gasteiger partial charge in [-0.1, -0.05) is 37.6 Å². The highest BCUT2D eigenvalue weighted by molar-refractivity contribution is 6.30. The molecule has 0 fully saturated rings. The first-order valence-electron chi connectivity index (χ1n) is 6.66. The highest BCUT2D eigenvalue weighted by Gasteiger charge is 2.12. The van der Waals surface area contributed by atoms with Gasteiger partial charge in [0.15, 0.2) is 5.82 Å². The van der Waals surface area contributed by atoms with E-state index in [0.717, 1.165) is 22.8 Å². The highest BCUT2D eigenvalue weighted by Crippen LogP contribution is 2.22. The van der Waals surface area contributed by atoms with Gasteiger partial charge in [0.1, 0.15) is 0 Å². The molecule has 3 aromatic rings. The maximum atomic E-state index is 5.87. The minimum atomic E-state index is 0.248. The number of rotatable bonds is 3. The standard InChI is InChI=1S/C15H14ClN5/c1-10(2)15-18-19-20-21(15)13-5-3-4-11(8-13)14-7-6-12(16)9-17-14/h3-10H,1-2H3. The Hall–Kier alpha value is -2.27. The third-order valence-corrected chi connectivity index (χ3v) is 3.35. The summed E-state index contributed by atoms with van der Waals surface area (Å²) in [6.45, 7) is 4.12. The number of halogens is 1. The molecule has 3 rings (SSSR count). The molecule has 0 saturated heterocycles. The molecule has 21 heavy (non-hydrogen) atoms. The summed E-state index contributed by atoms with van der Waals surface area (Å²) in [6.07, 6.45) is 1.64. The number of nitrogens with zero attached hydrogens (tertiary/aromatic N) is 5. The van der Waals surface area contributed by atoms with Crippen molar-refractivity contribution in [3.05, 3.63) is 53.4 Å². The summed E-state index contributed by atoms with van der Waals surface area (Å²) >= 11 is 5.87. The Kier molecular flexibility index (Phi) is 3.66. The quantitative estimate of drug-likeness (QED) is 0.742. The van der Waals surface area contributed by atoms with Crippen molar-refractivity contribution in [3.8, 4) is 16.9 Å². The van der Waals surface area contributed by atoms with Gasteiger partial charge < -0.3 is 0 Å². The molecule has 0 atom stereocenters. The van der Waals surface area contributed by atoms with Gasteiger partial charge in [0.2, 0.25) is 0 Å². The van der Waals surface area contributed by atoms with E-state index in [9.17, 15) is 0 Å². The van der Waals surface area contributed by atoms with Crippen molar-refractivity contribution in [1.82, 2.24) is 25.2 Å². The van der Waals surface area contributed by atoms with Gasteiger partial charge in [-0.3, -0.25) is 4.98 Å². The fraction of sp³-hybridized carbons (Fsp3) is 0.200. The van der Waals surface area contributed by atoms with Crippen LogP contribution in [0.15, 0.2) is 42.6 Å². The Morgan fingerprint density at radius 1 is 1.14 bits per heavy atom. The Morgan fingerprint density at radius 2 is 2.00 bits per heavy atom. The summed E-state index contributed by atoms with van der Waals surface area (Å²) in [5.74, 6) is 1.08. The van der Waals surface area contributed by atoms with E-state index in [4.69, 9.17) is 11.6 Å². The lowest BCUT2D eigenvalue weighted by Crippen LogP contribution is -2.04. The van der Waals surface area contributed by atoms with E-state index in [0.29, 0.717) is 5.02 Å². The molecule has 6 heteroatoms. The fourth-order valence-corrected chi connectivity index (χ4v) is 2.19. The molecule has 1 aromatic carbocycles. The summed E-state index contributed by atoms with van der Waals surface area (Å²) in [5.41, 5.74) is 2.77. The molecule has 0 aliphatic carbocycles. The predicted octanol–water partition coefficient (Wildman–Crippen LogP) is 3.50. The first-order chi connectivity index (χ1) is 10.1. The first-order valence-corrected chi connectivity index (χ1v) is 7.03. The van der Waals surface area contributed by atoms with Crippen LogP contribution in [-0.2, 0) is 0 Å². The van der Waals surface area contributed by atoms with Gasteiger partial charge in [0.25, 0.3) is 0 Å². The minimum Gasteiger partial charge on any atom is -0.255 e. The van der Waals surface area contributed by atoms with Gasteiger partial charge in [-0.05, 0) is 34.7 Å². The number of aromatic nitrogens is 5. The van der Waals surface area contributed by atoms with Crippen molar-refractivity contribution in [2.24, 2.45) is 0 Å². The number of pyridine rings is 1. The van der Waals surface area contributed by atoms with Gasteiger partial charge in [-0.2, -0.15) is 4.68 Å². The van der Waals surface area contributed by atoms with E-state index in [1.165, 1.54) is 0 Å². The summed E-state index contributed by atoms with van der Waals surface area (Å²) in [7, 11) is 0. The van der Waals surface area contributed by atoms with Crippen LogP contribution in [0.25, 0.3) is 16.9 Å². The zero-order valence-electron chi connectivity index (χ0n) is 11.7. The van der Waals surface area contributed by atoms with E-state index >= 15 is 0 Å². The number of benzene rings is 1. The average Bonchev–Trinajstić information content (AvgIpc) is 2.98. The van der Waals surface area contributed by atoms with Crippen LogP contribution < -0.4 is 0 Å². The van der Waals surface area contributed by atoms with Crippen molar-refractivity contribution < 1.29 is 0 Å². The van der Waals surface area contributed by atoms with Gasteiger partial charge in [-0.25, -0.2) is 0 Å². The smallest absolute Gasteiger partial charge is 0.159 e. The molecule has 0 bridgehead atoms. The third kappa shape index (κ3) is 2.78. The second-order valence-corrected chi connectivity index (χ2v) is 5.45. The molecule has 0 saturated carbocycles. The molecular weight excluding hydrogens is 286 g/mol. The lowest BCUT2D eigenvalue weighted by molar-refractivity contribution is 0.710. The Morgan fingerprint density at radius 3 is 2.71 bits per heavy atom. The number of hydrogen-bond acceptors (Lipinski definition) is 4. The molecule has 0 spiro atoms. The number of hydrogen-bond donors (Lipinski definition) is 0. The maximum Gasteiger partial charge on any atom is 0.159 e. The summed E-state index contributed by atoms with van der Waals surface area (Å²) < 4.78 is 1.75. The molecule has 0 aliphatic heterocycles. The second-order valence-electron chi connectivity index (χ2n) is 5.02. The molecule has 0 amide bonds. The third-order valence-electron chi connectivity index (χ3n) is 3.12. The largest absolute Gasteiger partial charge is 0.255 e. The van der Waals surface area contributed by atoms with Crippen molar-refractivity contribution in [1.29, 1.82) is 0 Å². The lowest BCUT2D eigenvalue weighted by Gasteiger charge is -2.08. The van der Waals surface area contributed by atoms with Crippen LogP contribution in [0.4, 0.5) is 0 Å². The fourth-order valence-electron chi connectivity index (χ4n) is 2.08. The molecule has 0 unspecified atom stereocenters. The normalized spacial score (nSPS) is 11.0. The number of tetrazole rings is 1. The van der Waals surface area contributed by atoms with Crippen molar-refractivity contribution in [2.45, 2.75) is 19.8 Å². The average molecular weight is 300 g/mol. The monoisotopic (exact) mass is 299 g/mol. The highest BCUT2D eigenvalue weighted by atomic mass is 35.5. The van der Waals surface area contributed by atoms with E-state index in [1.54, 1.807) is 10.9 Å². The van der Waals surface area contributed by atoms with Crippen LogP contribution >= 0.6 is 11.6 Å². The van der Waals surface area contributed by atoms with Gasteiger partial charge >= 0.3 is 0 Å². The maximum absolute atomic E-state index is 5.87. The summed E-state index contributed by atoms with van der Waals surface area (Å²) in [6, 6.07) is 11.7. The molecular formula is C15H14ClN5. The SMILES string of the molecule is CC(C)c1nnnn1-c1cccc(-c2ccc(Cl)cn2)c1. The molecule has 2 heterocycles. The molecule has 106 valence electrons. The van der Waals surface area contributed by atoms with Gasteiger partial charge in [0.05, 0.1) is 16.4 Å². The van der Waals surface area contributed by atoms with Crippen molar-refractivity contribution in [2.75, 3.05) is 0 Å². The van der Waals surface area contributed by atoms with Crippen LogP contribution in [0.2, 0.25) is 5.02 Å². The van der Waals surface area contributed by atoms with Gasteiger partial charge in [0, 0.05) is 17.7 Å². The van der Waals surface area contributed by atoms with E-state index in [2.05, 4.69) is 34.4 Å². The zero-order valence-corrected chi connectivity index (χ0v) is 12.5. The van der Waals surface area contributed by atoms with Crippen LogP contribution in [0.5, 0.6) is 0 Å². The van der Waals surface area contributed by atoms with Crippen LogP contribution in [-0.4, -0.2) is 25.2 Å².